The van der Waals surface area contributed by atoms with Crippen molar-refractivity contribution >= 4 is 29.9 Å². The van der Waals surface area contributed by atoms with Crippen LogP contribution in [0.3, 0.4) is 0 Å². The van der Waals surface area contributed by atoms with E-state index in [2.05, 4.69) is 10.3 Å². The number of aliphatic imine (C=N–C) groups is 1. The maximum Gasteiger partial charge on any atom is 0.188 e. The first-order chi connectivity index (χ1) is 13.1. The number of rotatable bonds is 10. The number of benzene rings is 2. The van der Waals surface area contributed by atoms with Crippen molar-refractivity contribution < 1.29 is 18.6 Å². The first kappa shape index (κ1) is 23.8. The Balaban J connectivity index is 0.00000392. The molecule has 0 radical (unpaired) electrons. The van der Waals surface area contributed by atoms with Gasteiger partial charge >= 0.3 is 0 Å². The van der Waals surface area contributed by atoms with Crippen LogP contribution in [-0.4, -0.2) is 33.3 Å². The van der Waals surface area contributed by atoms with Crippen LogP contribution in [0.4, 0.5) is 4.39 Å². The highest BCUT2D eigenvalue weighted by Gasteiger charge is 2.04. The molecule has 3 N–H and O–H groups in total. The number of hydrogen-bond donors (Lipinski definition) is 2. The van der Waals surface area contributed by atoms with Gasteiger partial charge in [-0.05, 0) is 54.8 Å². The second kappa shape index (κ2) is 13.0. The van der Waals surface area contributed by atoms with Crippen molar-refractivity contribution in [3.63, 3.8) is 0 Å². The molecule has 0 saturated heterocycles. The molecule has 0 amide bonds. The third-order valence-corrected chi connectivity index (χ3v) is 3.84. The zero-order chi connectivity index (χ0) is 19.5. The van der Waals surface area contributed by atoms with Crippen LogP contribution in [0.1, 0.15) is 18.4 Å². The van der Waals surface area contributed by atoms with Gasteiger partial charge in [0.2, 0.25) is 0 Å². The minimum Gasteiger partial charge on any atom is -0.494 e. The Bertz CT molecular complexity index is 742. The SMILES string of the molecule is COc1ccc(CN=C(N)NCCCCOc2ccc(F)cc2)cc1OC.I. The summed E-state index contributed by atoms with van der Waals surface area (Å²) in [7, 11) is 3.20. The fourth-order valence-electron chi connectivity index (χ4n) is 2.38. The number of ether oxygens (including phenoxy) is 3. The summed E-state index contributed by atoms with van der Waals surface area (Å²) in [6, 6.07) is 11.6. The van der Waals surface area contributed by atoms with Gasteiger partial charge in [0.05, 0.1) is 27.4 Å². The number of nitrogens with zero attached hydrogens (tertiary/aromatic N) is 1. The Kier molecular flexibility index (Phi) is 11.1. The lowest BCUT2D eigenvalue weighted by atomic mass is 10.2. The lowest BCUT2D eigenvalue weighted by Crippen LogP contribution is -2.32. The van der Waals surface area contributed by atoms with Crippen molar-refractivity contribution in [1.82, 2.24) is 5.32 Å². The molecule has 2 rings (SSSR count). The van der Waals surface area contributed by atoms with Crippen LogP contribution >= 0.6 is 24.0 Å². The van der Waals surface area contributed by atoms with Crippen LogP contribution < -0.4 is 25.3 Å². The summed E-state index contributed by atoms with van der Waals surface area (Å²) < 4.78 is 28.8. The summed E-state index contributed by atoms with van der Waals surface area (Å²) in [5, 5.41) is 3.08. The summed E-state index contributed by atoms with van der Waals surface area (Å²) in [5.74, 6) is 2.14. The maximum absolute atomic E-state index is 12.8. The van der Waals surface area contributed by atoms with Crippen molar-refractivity contribution in [2.45, 2.75) is 19.4 Å². The molecular formula is C20H27FIN3O3. The van der Waals surface area contributed by atoms with E-state index in [0.29, 0.717) is 42.9 Å². The minimum atomic E-state index is -0.269. The predicted octanol–water partition coefficient (Wildman–Crippen LogP) is 3.72. The van der Waals surface area contributed by atoms with E-state index < -0.39 is 0 Å². The fraction of sp³-hybridized carbons (Fsp3) is 0.350. The van der Waals surface area contributed by atoms with Crippen LogP contribution in [0.2, 0.25) is 0 Å². The smallest absolute Gasteiger partial charge is 0.188 e. The molecule has 0 heterocycles. The van der Waals surface area contributed by atoms with Crippen molar-refractivity contribution in [2.24, 2.45) is 10.7 Å². The van der Waals surface area contributed by atoms with Gasteiger partial charge in [-0.25, -0.2) is 9.38 Å². The number of hydrogen-bond acceptors (Lipinski definition) is 4. The fourth-order valence-corrected chi connectivity index (χ4v) is 2.38. The highest BCUT2D eigenvalue weighted by Crippen LogP contribution is 2.27. The van der Waals surface area contributed by atoms with Crippen molar-refractivity contribution in [3.8, 4) is 17.2 Å². The quantitative estimate of drug-likeness (QED) is 0.224. The largest absolute Gasteiger partial charge is 0.494 e. The molecule has 0 aliphatic carbocycles. The minimum absolute atomic E-state index is 0. The normalized spacial score (nSPS) is 10.8. The monoisotopic (exact) mass is 503 g/mol. The second-order valence-corrected chi connectivity index (χ2v) is 5.83. The van der Waals surface area contributed by atoms with Crippen LogP contribution in [0.25, 0.3) is 0 Å². The molecule has 0 unspecified atom stereocenters. The molecule has 8 heteroatoms. The van der Waals surface area contributed by atoms with Gasteiger partial charge in [0.1, 0.15) is 11.6 Å². The zero-order valence-corrected chi connectivity index (χ0v) is 18.4. The average Bonchev–Trinajstić information content (AvgIpc) is 2.70. The lowest BCUT2D eigenvalue weighted by molar-refractivity contribution is 0.306. The lowest BCUT2D eigenvalue weighted by Gasteiger charge is -2.09. The van der Waals surface area contributed by atoms with E-state index in [-0.39, 0.29) is 29.8 Å². The molecule has 2 aromatic carbocycles. The molecule has 0 atom stereocenters. The van der Waals surface area contributed by atoms with Gasteiger partial charge in [-0.15, -0.1) is 24.0 Å². The van der Waals surface area contributed by atoms with E-state index in [1.54, 1.807) is 26.4 Å². The summed E-state index contributed by atoms with van der Waals surface area (Å²) in [6.45, 7) is 1.72. The number of nitrogens with one attached hydrogen (secondary N) is 1. The van der Waals surface area contributed by atoms with E-state index in [4.69, 9.17) is 19.9 Å². The van der Waals surface area contributed by atoms with Gasteiger partial charge in [0, 0.05) is 6.54 Å². The molecule has 0 aromatic heterocycles. The summed E-state index contributed by atoms with van der Waals surface area (Å²) in [4.78, 5) is 4.32. The molecule has 0 aliphatic rings. The topological polar surface area (TPSA) is 78.1 Å². The number of guanidine groups is 1. The predicted molar refractivity (Wildman–Crippen MR) is 119 cm³/mol. The second-order valence-electron chi connectivity index (χ2n) is 5.83. The first-order valence-corrected chi connectivity index (χ1v) is 8.75. The molecule has 6 nitrogen and oxygen atoms in total. The van der Waals surface area contributed by atoms with Crippen molar-refractivity contribution in [1.29, 1.82) is 0 Å². The van der Waals surface area contributed by atoms with Crippen LogP contribution in [0, 0.1) is 5.82 Å². The molecule has 0 aliphatic heterocycles. The van der Waals surface area contributed by atoms with Crippen LogP contribution in [0.5, 0.6) is 17.2 Å². The molecule has 154 valence electrons. The van der Waals surface area contributed by atoms with Gasteiger partial charge in [0.25, 0.3) is 0 Å². The van der Waals surface area contributed by atoms with E-state index in [0.717, 1.165) is 18.4 Å². The molecule has 0 fully saturated rings. The third kappa shape index (κ3) is 8.20. The molecular weight excluding hydrogens is 476 g/mol. The van der Waals surface area contributed by atoms with Gasteiger partial charge in [-0.3, -0.25) is 0 Å². The summed E-state index contributed by atoms with van der Waals surface area (Å²) in [6.07, 6.45) is 1.74. The third-order valence-electron chi connectivity index (χ3n) is 3.84. The Morgan fingerprint density at radius 3 is 2.43 bits per heavy atom. The molecule has 28 heavy (non-hydrogen) atoms. The maximum atomic E-state index is 12.8. The van der Waals surface area contributed by atoms with E-state index in [1.807, 2.05) is 18.2 Å². The number of halogens is 2. The Morgan fingerprint density at radius 1 is 1.04 bits per heavy atom. The van der Waals surface area contributed by atoms with Crippen LogP contribution in [-0.2, 0) is 6.54 Å². The van der Waals surface area contributed by atoms with Crippen LogP contribution in [0.15, 0.2) is 47.5 Å². The standard InChI is InChI=1S/C20H26FN3O3.HI/c1-25-18-10-5-15(13-19(18)26-2)14-24-20(22)23-11-3-4-12-27-17-8-6-16(21)7-9-17;/h5-10,13H,3-4,11-12,14H2,1-2H3,(H3,22,23,24);1H. The molecule has 0 bridgehead atoms. The number of nitrogens with two attached hydrogens (primary N) is 1. The summed E-state index contributed by atoms with van der Waals surface area (Å²) >= 11 is 0. The van der Waals surface area contributed by atoms with Crippen molar-refractivity contribution in [3.05, 3.63) is 53.8 Å². The molecule has 0 spiro atoms. The van der Waals surface area contributed by atoms with E-state index in [1.165, 1.54) is 12.1 Å². The Hall–Kier alpha value is -2.23. The number of methoxy groups -OCH3 is 2. The van der Waals surface area contributed by atoms with Gasteiger partial charge in [0.15, 0.2) is 17.5 Å². The van der Waals surface area contributed by atoms with E-state index >= 15 is 0 Å². The zero-order valence-electron chi connectivity index (χ0n) is 16.1. The Labute approximate surface area is 182 Å². The summed E-state index contributed by atoms with van der Waals surface area (Å²) in [5.41, 5.74) is 6.86. The highest BCUT2D eigenvalue weighted by atomic mass is 127. The Morgan fingerprint density at radius 2 is 1.75 bits per heavy atom. The van der Waals surface area contributed by atoms with Gasteiger partial charge in [-0.1, -0.05) is 6.07 Å². The van der Waals surface area contributed by atoms with Gasteiger partial charge in [-0.2, -0.15) is 0 Å². The number of unbranched alkanes of at least 4 members (excludes halogenated alkanes) is 1. The molecule has 0 saturated carbocycles. The van der Waals surface area contributed by atoms with E-state index in [9.17, 15) is 4.39 Å². The van der Waals surface area contributed by atoms with Crippen molar-refractivity contribution in [2.75, 3.05) is 27.4 Å². The molecule has 2 aromatic rings. The first-order valence-electron chi connectivity index (χ1n) is 8.75. The van der Waals surface area contributed by atoms with Gasteiger partial charge < -0.3 is 25.3 Å². The average molecular weight is 503 g/mol. The highest BCUT2D eigenvalue weighted by molar-refractivity contribution is 14.0.